The van der Waals surface area contributed by atoms with Crippen molar-refractivity contribution >= 4 is 5.91 Å². The number of hydrogen-bond acceptors (Lipinski definition) is 5. The molecule has 4 bridgehead atoms. The molecule has 6 heteroatoms. The Hall–Kier alpha value is -0.690. The fourth-order valence-corrected chi connectivity index (χ4v) is 6.13. The third-order valence-corrected chi connectivity index (χ3v) is 6.91. The number of carbonyl (C=O) groups excluding carboxylic acids is 1. The minimum Gasteiger partial charge on any atom is -0.377 e. The highest BCUT2D eigenvalue weighted by Gasteiger charge is 2.55. The molecule has 4 aliphatic carbocycles. The second-order valence-electron chi connectivity index (χ2n) is 8.94. The molecule has 0 spiro atoms. The van der Waals surface area contributed by atoms with Crippen LogP contribution >= 0.6 is 0 Å². The highest BCUT2D eigenvalue weighted by atomic mass is 16.6. The van der Waals surface area contributed by atoms with Gasteiger partial charge in [0, 0.05) is 13.1 Å². The van der Waals surface area contributed by atoms with E-state index >= 15 is 0 Å². The van der Waals surface area contributed by atoms with Crippen molar-refractivity contribution in [2.24, 2.45) is 23.2 Å². The van der Waals surface area contributed by atoms with E-state index in [0.29, 0.717) is 71.9 Å². The minimum absolute atomic E-state index is 0.0934. The van der Waals surface area contributed by atoms with Gasteiger partial charge < -0.3 is 23.8 Å². The van der Waals surface area contributed by atoms with Crippen LogP contribution in [-0.4, -0.2) is 76.8 Å². The highest BCUT2D eigenvalue weighted by Crippen LogP contribution is 2.60. The van der Waals surface area contributed by atoms with Crippen LogP contribution in [-0.2, 0) is 23.7 Å². The summed E-state index contributed by atoms with van der Waals surface area (Å²) >= 11 is 0. The molecule has 0 unspecified atom stereocenters. The van der Waals surface area contributed by atoms with Crippen LogP contribution in [0.3, 0.4) is 0 Å². The zero-order valence-electron chi connectivity index (χ0n) is 16.5. The zero-order chi connectivity index (χ0) is 18.5. The van der Waals surface area contributed by atoms with Crippen LogP contribution in [0.15, 0.2) is 0 Å². The maximum absolute atomic E-state index is 13.6. The molecular weight excluding hydrogens is 346 g/mol. The molecule has 5 aliphatic rings. The van der Waals surface area contributed by atoms with Gasteiger partial charge in [-0.25, -0.2) is 0 Å². The van der Waals surface area contributed by atoms with Crippen LogP contribution in [0.2, 0.25) is 0 Å². The van der Waals surface area contributed by atoms with Gasteiger partial charge in [-0.1, -0.05) is 0 Å². The Bertz CT molecular complexity index is 446. The van der Waals surface area contributed by atoms with Crippen molar-refractivity contribution < 1.29 is 23.7 Å². The van der Waals surface area contributed by atoms with E-state index < -0.39 is 0 Å². The lowest BCUT2D eigenvalue weighted by molar-refractivity contribution is -0.159. The normalized spacial score (nSPS) is 39.0. The van der Waals surface area contributed by atoms with Gasteiger partial charge in [-0.3, -0.25) is 4.79 Å². The highest BCUT2D eigenvalue weighted by molar-refractivity contribution is 5.83. The predicted octanol–water partition coefficient (Wildman–Crippen LogP) is 2.11. The number of hydrogen-bond donors (Lipinski definition) is 0. The zero-order valence-corrected chi connectivity index (χ0v) is 16.5. The Kier molecular flexibility index (Phi) is 6.69. The molecular formula is C21H35NO5. The number of nitrogens with zero attached hydrogens (tertiary/aromatic N) is 1. The molecule has 0 radical (unpaired) electrons. The van der Waals surface area contributed by atoms with Crippen molar-refractivity contribution in [1.82, 2.24) is 4.90 Å². The molecule has 27 heavy (non-hydrogen) atoms. The summed E-state index contributed by atoms with van der Waals surface area (Å²) in [7, 11) is 0. The second-order valence-corrected chi connectivity index (χ2v) is 8.94. The van der Waals surface area contributed by atoms with E-state index in [1.807, 2.05) is 4.90 Å². The molecule has 6 nitrogen and oxygen atoms in total. The SMILES string of the molecule is O=C(N1CCOCCOCCOCCOCC1)C12CC3CC(CC(C3)C1)C2. The standard InChI is InChI=1S/C21H35NO5/c23-20(21-14-17-11-18(15-21)13-19(12-17)16-21)22-1-3-24-5-7-26-9-10-27-8-6-25-4-2-22/h17-19H,1-16H2. The smallest absolute Gasteiger partial charge is 0.228 e. The summed E-state index contributed by atoms with van der Waals surface area (Å²) in [5.41, 5.74) is -0.0934. The van der Waals surface area contributed by atoms with E-state index in [0.717, 1.165) is 37.0 Å². The van der Waals surface area contributed by atoms with Gasteiger partial charge >= 0.3 is 0 Å². The van der Waals surface area contributed by atoms with Crippen molar-refractivity contribution in [3.8, 4) is 0 Å². The van der Waals surface area contributed by atoms with Crippen molar-refractivity contribution in [2.45, 2.75) is 38.5 Å². The van der Waals surface area contributed by atoms with Gasteiger partial charge in [0.2, 0.25) is 5.91 Å². The first-order valence-electron chi connectivity index (χ1n) is 10.9. The Morgan fingerprint density at radius 3 is 1.41 bits per heavy atom. The molecule has 0 aromatic heterocycles. The van der Waals surface area contributed by atoms with E-state index in [-0.39, 0.29) is 5.41 Å². The van der Waals surface area contributed by atoms with Crippen LogP contribution in [0.1, 0.15) is 38.5 Å². The van der Waals surface area contributed by atoms with Crippen molar-refractivity contribution in [1.29, 1.82) is 0 Å². The summed E-state index contributed by atoms with van der Waals surface area (Å²) in [5.74, 6) is 2.71. The minimum atomic E-state index is -0.0934. The summed E-state index contributed by atoms with van der Waals surface area (Å²) in [6.45, 7) is 5.88. The first-order valence-corrected chi connectivity index (χ1v) is 10.9. The molecule has 154 valence electrons. The van der Waals surface area contributed by atoms with Gasteiger partial charge in [-0.15, -0.1) is 0 Å². The molecule has 0 atom stereocenters. The van der Waals surface area contributed by atoms with Crippen molar-refractivity contribution in [3.63, 3.8) is 0 Å². The summed E-state index contributed by atoms with van der Waals surface area (Å²) in [5, 5.41) is 0. The molecule has 5 rings (SSSR count). The van der Waals surface area contributed by atoms with Gasteiger partial charge in [0.25, 0.3) is 0 Å². The molecule has 1 aliphatic heterocycles. The lowest BCUT2D eigenvalue weighted by Crippen LogP contribution is -2.55. The van der Waals surface area contributed by atoms with E-state index in [2.05, 4.69) is 0 Å². The molecule has 1 amide bonds. The van der Waals surface area contributed by atoms with Crippen LogP contribution < -0.4 is 0 Å². The second kappa shape index (κ2) is 9.21. The van der Waals surface area contributed by atoms with Crippen molar-refractivity contribution in [2.75, 3.05) is 65.9 Å². The largest absolute Gasteiger partial charge is 0.377 e. The molecule has 4 saturated carbocycles. The lowest BCUT2D eigenvalue weighted by Gasteiger charge is -2.56. The van der Waals surface area contributed by atoms with Crippen LogP contribution in [0.25, 0.3) is 0 Å². The Labute approximate surface area is 162 Å². The third kappa shape index (κ3) is 4.84. The maximum Gasteiger partial charge on any atom is 0.228 e. The summed E-state index contributed by atoms with van der Waals surface area (Å²) < 4.78 is 22.4. The van der Waals surface area contributed by atoms with Gasteiger partial charge in [0.05, 0.1) is 58.3 Å². The van der Waals surface area contributed by atoms with Crippen LogP contribution in [0.4, 0.5) is 0 Å². The Balaban J connectivity index is 1.37. The van der Waals surface area contributed by atoms with E-state index in [9.17, 15) is 4.79 Å². The number of carbonyl (C=O) groups is 1. The maximum atomic E-state index is 13.6. The quantitative estimate of drug-likeness (QED) is 0.696. The molecule has 0 aromatic carbocycles. The van der Waals surface area contributed by atoms with Gasteiger partial charge in [0.1, 0.15) is 0 Å². The first-order chi connectivity index (χ1) is 13.3. The summed E-state index contributed by atoms with van der Waals surface area (Å²) in [6, 6.07) is 0. The number of ether oxygens (including phenoxy) is 4. The Morgan fingerprint density at radius 1 is 0.630 bits per heavy atom. The van der Waals surface area contributed by atoms with Gasteiger partial charge in [0.15, 0.2) is 0 Å². The monoisotopic (exact) mass is 381 g/mol. The topological polar surface area (TPSA) is 57.2 Å². The molecule has 1 heterocycles. The number of rotatable bonds is 1. The predicted molar refractivity (Wildman–Crippen MR) is 100 cm³/mol. The lowest BCUT2D eigenvalue weighted by atomic mass is 9.49. The van der Waals surface area contributed by atoms with E-state index in [4.69, 9.17) is 18.9 Å². The fourth-order valence-electron chi connectivity index (χ4n) is 6.13. The molecule has 5 fully saturated rings. The average molecular weight is 382 g/mol. The Morgan fingerprint density at radius 2 is 1.00 bits per heavy atom. The van der Waals surface area contributed by atoms with Gasteiger partial charge in [-0.05, 0) is 56.3 Å². The molecule has 1 saturated heterocycles. The van der Waals surface area contributed by atoms with E-state index in [1.165, 1.54) is 19.3 Å². The van der Waals surface area contributed by atoms with Gasteiger partial charge in [-0.2, -0.15) is 0 Å². The van der Waals surface area contributed by atoms with Crippen molar-refractivity contribution in [3.05, 3.63) is 0 Å². The molecule has 0 N–H and O–H groups in total. The summed E-state index contributed by atoms with van der Waals surface area (Å²) in [4.78, 5) is 15.6. The average Bonchev–Trinajstić information content (AvgIpc) is 2.65. The third-order valence-electron chi connectivity index (χ3n) is 6.91. The van der Waals surface area contributed by atoms with E-state index in [1.54, 1.807) is 0 Å². The molecule has 0 aromatic rings. The van der Waals surface area contributed by atoms with Crippen LogP contribution in [0.5, 0.6) is 0 Å². The fraction of sp³-hybridized carbons (Fsp3) is 0.952. The number of amides is 1. The van der Waals surface area contributed by atoms with Crippen LogP contribution in [0, 0.1) is 23.2 Å². The first kappa shape index (κ1) is 19.6. The summed E-state index contributed by atoms with van der Waals surface area (Å²) in [6.07, 6.45) is 7.41.